The monoisotopic (exact) mass is 237 g/mol. The summed E-state index contributed by atoms with van der Waals surface area (Å²) >= 11 is 0. The fourth-order valence-electron chi connectivity index (χ4n) is 2.03. The maximum atomic E-state index is 11.9. The molecule has 0 radical (unpaired) electrons. The molecule has 0 saturated carbocycles. The molecular formula is C11H15N3O3. The van der Waals surface area contributed by atoms with Crippen molar-refractivity contribution in [3.8, 4) is 0 Å². The van der Waals surface area contributed by atoms with E-state index in [4.69, 9.17) is 5.11 Å². The van der Waals surface area contributed by atoms with E-state index < -0.39 is 5.97 Å². The molecule has 1 aromatic rings. The van der Waals surface area contributed by atoms with Gasteiger partial charge in [-0.2, -0.15) is 5.10 Å². The Morgan fingerprint density at radius 2 is 2.18 bits per heavy atom. The number of carbonyl (C=O) groups excluding carboxylic acids is 1. The second-order valence-corrected chi connectivity index (χ2v) is 4.25. The first-order valence-electron chi connectivity index (χ1n) is 5.65. The zero-order valence-corrected chi connectivity index (χ0v) is 9.43. The fourth-order valence-corrected chi connectivity index (χ4v) is 2.03. The second-order valence-electron chi connectivity index (χ2n) is 4.25. The number of piperidine rings is 1. The highest BCUT2D eigenvalue weighted by Gasteiger charge is 2.26. The molecule has 0 aliphatic carbocycles. The minimum Gasteiger partial charge on any atom is -0.481 e. The number of carboxylic acids is 1. The highest BCUT2D eigenvalue weighted by Crippen LogP contribution is 2.17. The summed E-state index contributed by atoms with van der Waals surface area (Å²) < 4.78 is 0. The zero-order chi connectivity index (χ0) is 12.3. The predicted octanol–water partition coefficient (Wildman–Crippen LogP) is 0.275. The van der Waals surface area contributed by atoms with E-state index in [0.717, 1.165) is 5.69 Å². The number of aliphatic carboxylic acids is 1. The highest BCUT2D eigenvalue weighted by molar-refractivity contribution is 5.79. The Bertz CT molecular complexity index is 394. The first kappa shape index (κ1) is 11.6. The summed E-state index contributed by atoms with van der Waals surface area (Å²) in [6.45, 7) is 1.06. The summed E-state index contributed by atoms with van der Waals surface area (Å²) in [6.07, 6.45) is 3.01. The average Bonchev–Trinajstić information content (AvgIpc) is 2.82. The molecule has 1 saturated heterocycles. The third kappa shape index (κ3) is 2.83. The minimum absolute atomic E-state index is 0.0260. The topological polar surface area (TPSA) is 86.3 Å². The van der Waals surface area contributed by atoms with E-state index in [2.05, 4.69) is 10.2 Å². The van der Waals surface area contributed by atoms with Gasteiger partial charge in [-0.05, 0) is 18.9 Å². The lowest BCUT2D eigenvalue weighted by atomic mass is 9.97. The van der Waals surface area contributed by atoms with E-state index in [1.54, 1.807) is 17.2 Å². The highest BCUT2D eigenvalue weighted by atomic mass is 16.4. The van der Waals surface area contributed by atoms with Crippen LogP contribution in [0.25, 0.3) is 0 Å². The molecule has 17 heavy (non-hydrogen) atoms. The van der Waals surface area contributed by atoms with Gasteiger partial charge in [0.1, 0.15) is 0 Å². The number of likely N-dealkylation sites (tertiary alicyclic amines) is 1. The molecule has 1 amide bonds. The summed E-state index contributed by atoms with van der Waals surface area (Å²) in [5, 5.41) is 15.4. The molecule has 0 unspecified atom stereocenters. The summed E-state index contributed by atoms with van der Waals surface area (Å²) in [5.41, 5.74) is 0.787. The smallest absolute Gasteiger partial charge is 0.306 e. The molecule has 0 aromatic carbocycles. The molecule has 1 aliphatic rings. The van der Waals surface area contributed by atoms with Crippen molar-refractivity contribution in [1.29, 1.82) is 0 Å². The maximum Gasteiger partial charge on any atom is 0.306 e. The number of nitrogens with zero attached hydrogens (tertiary/aromatic N) is 2. The van der Waals surface area contributed by atoms with Crippen LogP contribution in [0.2, 0.25) is 0 Å². The van der Waals surface area contributed by atoms with E-state index in [1.165, 1.54) is 0 Å². The SMILES string of the molecule is O=C(O)C1CCN(C(=O)Cc2ccn[nH]2)CC1. The van der Waals surface area contributed by atoms with Crippen molar-refractivity contribution in [3.63, 3.8) is 0 Å². The molecule has 0 spiro atoms. The summed E-state index contributed by atoms with van der Waals surface area (Å²) in [5.74, 6) is -1.03. The van der Waals surface area contributed by atoms with Crippen molar-refractivity contribution in [2.45, 2.75) is 19.3 Å². The predicted molar refractivity (Wildman–Crippen MR) is 59.2 cm³/mol. The van der Waals surface area contributed by atoms with E-state index in [1.807, 2.05) is 0 Å². The zero-order valence-electron chi connectivity index (χ0n) is 9.43. The van der Waals surface area contributed by atoms with Crippen molar-refractivity contribution < 1.29 is 14.7 Å². The first-order valence-corrected chi connectivity index (χ1v) is 5.65. The molecule has 2 heterocycles. The van der Waals surface area contributed by atoms with Gasteiger partial charge in [-0.3, -0.25) is 14.7 Å². The summed E-state index contributed by atoms with van der Waals surface area (Å²) in [6, 6.07) is 1.77. The van der Waals surface area contributed by atoms with Crippen LogP contribution in [0.3, 0.4) is 0 Å². The van der Waals surface area contributed by atoms with Crippen molar-refractivity contribution >= 4 is 11.9 Å². The Morgan fingerprint density at radius 1 is 1.47 bits per heavy atom. The number of aromatic amines is 1. The van der Waals surface area contributed by atoms with Crippen molar-refractivity contribution in [1.82, 2.24) is 15.1 Å². The van der Waals surface area contributed by atoms with Gasteiger partial charge in [-0.15, -0.1) is 0 Å². The lowest BCUT2D eigenvalue weighted by Gasteiger charge is -2.30. The molecule has 1 aromatic heterocycles. The minimum atomic E-state index is -0.759. The largest absolute Gasteiger partial charge is 0.481 e. The van der Waals surface area contributed by atoms with Gasteiger partial charge in [0.15, 0.2) is 0 Å². The lowest BCUT2D eigenvalue weighted by Crippen LogP contribution is -2.41. The standard InChI is InChI=1S/C11H15N3O3/c15-10(7-9-1-4-12-13-9)14-5-2-8(3-6-14)11(16)17/h1,4,8H,2-3,5-7H2,(H,12,13)(H,16,17). The van der Waals surface area contributed by atoms with Gasteiger partial charge in [-0.1, -0.05) is 0 Å². The van der Waals surface area contributed by atoms with Crippen LogP contribution in [0.15, 0.2) is 12.3 Å². The maximum absolute atomic E-state index is 11.9. The number of rotatable bonds is 3. The Kier molecular flexibility index (Phi) is 3.41. The third-order valence-electron chi connectivity index (χ3n) is 3.10. The molecule has 1 fully saturated rings. The Hall–Kier alpha value is -1.85. The van der Waals surface area contributed by atoms with Gasteiger partial charge >= 0.3 is 5.97 Å². The number of carbonyl (C=O) groups is 2. The number of hydrogen-bond acceptors (Lipinski definition) is 3. The molecule has 2 N–H and O–H groups in total. The van der Waals surface area contributed by atoms with Gasteiger partial charge < -0.3 is 10.0 Å². The van der Waals surface area contributed by atoms with Gasteiger partial charge in [0.2, 0.25) is 5.91 Å². The average molecular weight is 237 g/mol. The molecule has 0 bridgehead atoms. The van der Waals surface area contributed by atoms with Crippen LogP contribution in [-0.2, 0) is 16.0 Å². The molecule has 1 aliphatic heterocycles. The number of amides is 1. The normalized spacial score (nSPS) is 17.1. The number of H-pyrrole nitrogens is 1. The number of carboxylic acid groups (broad SMARTS) is 1. The first-order chi connectivity index (χ1) is 8.16. The van der Waals surface area contributed by atoms with E-state index in [0.29, 0.717) is 32.4 Å². The Labute approximate surface area is 98.6 Å². The Balaban J connectivity index is 1.84. The van der Waals surface area contributed by atoms with Gasteiger partial charge in [0, 0.05) is 25.0 Å². The van der Waals surface area contributed by atoms with Crippen molar-refractivity contribution in [2.75, 3.05) is 13.1 Å². The van der Waals surface area contributed by atoms with Gasteiger partial charge in [0.25, 0.3) is 0 Å². The fraction of sp³-hybridized carbons (Fsp3) is 0.545. The molecule has 6 nitrogen and oxygen atoms in total. The van der Waals surface area contributed by atoms with Crippen molar-refractivity contribution in [3.05, 3.63) is 18.0 Å². The molecule has 0 atom stereocenters. The number of hydrogen-bond donors (Lipinski definition) is 2. The molecule has 2 rings (SSSR count). The number of aromatic nitrogens is 2. The van der Waals surface area contributed by atoms with Crippen LogP contribution in [0, 0.1) is 5.92 Å². The summed E-state index contributed by atoms with van der Waals surface area (Å²) in [7, 11) is 0. The van der Waals surface area contributed by atoms with Crippen LogP contribution < -0.4 is 0 Å². The molecule has 92 valence electrons. The van der Waals surface area contributed by atoms with Crippen LogP contribution in [0.4, 0.5) is 0 Å². The van der Waals surface area contributed by atoms with Gasteiger partial charge in [0.05, 0.1) is 12.3 Å². The van der Waals surface area contributed by atoms with E-state index in [-0.39, 0.29) is 11.8 Å². The van der Waals surface area contributed by atoms with E-state index >= 15 is 0 Å². The third-order valence-corrected chi connectivity index (χ3v) is 3.10. The molecule has 6 heteroatoms. The Morgan fingerprint density at radius 3 is 2.71 bits per heavy atom. The van der Waals surface area contributed by atoms with Gasteiger partial charge in [-0.25, -0.2) is 0 Å². The lowest BCUT2D eigenvalue weighted by molar-refractivity contribution is -0.145. The second kappa shape index (κ2) is 4.99. The number of nitrogens with one attached hydrogen (secondary N) is 1. The molecular weight excluding hydrogens is 222 g/mol. The summed E-state index contributed by atoms with van der Waals surface area (Å²) in [4.78, 5) is 24.4. The quantitative estimate of drug-likeness (QED) is 0.790. The van der Waals surface area contributed by atoms with E-state index in [9.17, 15) is 9.59 Å². The van der Waals surface area contributed by atoms with Crippen LogP contribution >= 0.6 is 0 Å². The van der Waals surface area contributed by atoms with Crippen molar-refractivity contribution in [2.24, 2.45) is 5.92 Å². The van der Waals surface area contributed by atoms with Crippen LogP contribution in [0.1, 0.15) is 18.5 Å². The van der Waals surface area contributed by atoms with Crippen LogP contribution in [0.5, 0.6) is 0 Å². The van der Waals surface area contributed by atoms with Crippen LogP contribution in [-0.4, -0.2) is 45.2 Å².